The number of ether oxygens (including phenoxy) is 2. The van der Waals surface area contributed by atoms with Gasteiger partial charge in [-0.3, -0.25) is 9.89 Å². The summed E-state index contributed by atoms with van der Waals surface area (Å²) in [5.74, 6) is 1.00. The van der Waals surface area contributed by atoms with E-state index >= 15 is 0 Å². The van der Waals surface area contributed by atoms with E-state index < -0.39 is 0 Å². The third-order valence-corrected chi connectivity index (χ3v) is 6.91. The second-order valence-corrected chi connectivity index (χ2v) is 9.26. The highest BCUT2D eigenvalue weighted by molar-refractivity contribution is 14.0. The first-order valence-corrected chi connectivity index (χ1v) is 12.5. The van der Waals surface area contributed by atoms with Crippen LogP contribution in [0.4, 0.5) is 5.69 Å². The minimum Gasteiger partial charge on any atom is -0.375 e. The van der Waals surface area contributed by atoms with Crippen LogP contribution in [0, 0.1) is 6.92 Å². The highest BCUT2D eigenvalue weighted by atomic mass is 127. The van der Waals surface area contributed by atoms with Crippen molar-refractivity contribution in [1.82, 2.24) is 15.1 Å². The number of anilines is 1. The van der Waals surface area contributed by atoms with Gasteiger partial charge in [0.05, 0.1) is 12.7 Å². The molecule has 7 nitrogen and oxygen atoms in total. The first-order chi connectivity index (χ1) is 15.7. The summed E-state index contributed by atoms with van der Waals surface area (Å²) in [6.45, 7) is 12.3. The molecule has 0 spiro atoms. The number of piperazine rings is 1. The quantitative estimate of drug-likeness (QED) is 0.235. The molecule has 33 heavy (non-hydrogen) atoms. The second kappa shape index (κ2) is 13.7. The molecule has 3 fully saturated rings. The van der Waals surface area contributed by atoms with Gasteiger partial charge in [0.2, 0.25) is 0 Å². The van der Waals surface area contributed by atoms with Crippen molar-refractivity contribution in [1.29, 1.82) is 0 Å². The van der Waals surface area contributed by atoms with Crippen molar-refractivity contribution in [3.8, 4) is 0 Å². The molecule has 0 saturated carbocycles. The molecule has 3 heterocycles. The SMILES string of the molecule is CN=C(NCCCCN1CCN(c2cccc(C)c2)CC1)N1CCOC(C2CCCO2)C1.I. The van der Waals surface area contributed by atoms with E-state index in [1.165, 1.54) is 24.2 Å². The fourth-order valence-corrected chi connectivity index (χ4v) is 5.04. The van der Waals surface area contributed by atoms with Gasteiger partial charge in [0.25, 0.3) is 0 Å². The van der Waals surface area contributed by atoms with Gasteiger partial charge in [0.15, 0.2) is 5.96 Å². The van der Waals surface area contributed by atoms with Crippen molar-refractivity contribution in [3.63, 3.8) is 0 Å². The van der Waals surface area contributed by atoms with E-state index in [1.54, 1.807) is 0 Å². The van der Waals surface area contributed by atoms with Crippen LogP contribution in [0.1, 0.15) is 31.2 Å². The van der Waals surface area contributed by atoms with Gasteiger partial charge in [-0.2, -0.15) is 0 Å². The van der Waals surface area contributed by atoms with Crippen LogP contribution in [-0.4, -0.2) is 101 Å². The molecule has 1 aromatic rings. The number of halogens is 1. The lowest BCUT2D eigenvalue weighted by molar-refractivity contribution is -0.0816. The number of guanidine groups is 1. The first kappa shape index (κ1) is 26.5. The number of aliphatic imine (C=N–C) groups is 1. The van der Waals surface area contributed by atoms with Crippen LogP contribution in [0.25, 0.3) is 0 Å². The molecule has 0 amide bonds. The number of aryl methyl sites for hydroxylation is 1. The zero-order valence-corrected chi connectivity index (χ0v) is 22.7. The van der Waals surface area contributed by atoms with Gasteiger partial charge in [-0.25, -0.2) is 0 Å². The summed E-state index contributed by atoms with van der Waals surface area (Å²) in [5.41, 5.74) is 2.71. The molecule has 3 saturated heterocycles. The van der Waals surface area contributed by atoms with Gasteiger partial charge < -0.3 is 24.6 Å². The van der Waals surface area contributed by atoms with E-state index in [2.05, 4.69) is 56.2 Å². The Kier molecular flexibility index (Phi) is 11.0. The molecule has 2 atom stereocenters. The van der Waals surface area contributed by atoms with Crippen molar-refractivity contribution < 1.29 is 9.47 Å². The Bertz CT molecular complexity index is 735. The highest BCUT2D eigenvalue weighted by Crippen LogP contribution is 2.21. The molecule has 0 aliphatic carbocycles. The van der Waals surface area contributed by atoms with Crippen molar-refractivity contribution in [2.24, 2.45) is 4.99 Å². The zero-order valence-electron chi connectivity index (χ0n) is 20.4. The predicted molar refractivity (Wildman–Crippen MR) is 146 cm³/mol. The average Bonchev–Trinajstić information content (AvgIpc) is 3.37. The Balaban J connectivity index is 0.00000306. The number of morpholine rings is 1. The number of benzene rings is 1. The van der Waals surface area contributed by atoms with Crippen molar-refractivity contribution in [2.45, 2.75) is 44.8 Å². The summed E-state index contributed by atoms with van der Waals surface area (Å²) >= 11 is 0. The lowest BCUT2D eigenvalue weighted by Gasteiger charge is -2.37. The molecule has 2 unspecified atom stereocenters. The van der Waals surface area contributed by atoms with Gasteiger partial charge in [0, 0.05) is 65.2 Å². The predicted octanol–water partition coefficient (Wildman–Crippen LogP) is 2.97. The first-order valence-electron chi connectivity index (χ1n) is 12.5. The fourth-order valence-electron chi connectivity index (χ4n) is 5.04. The van der Waals surface area contributed by atoms with Gasteiger partial charge in [-0.15, -0.1) is 24.0 Å². The summed E-state index contributed by atoms with van der Waals surface area (Å²) in [7, 11) is 1.88. The number of hydrogen-bond donors (Lipinski definition) is 1. The lowest BCUT2D eigenvalue weighted by atomic mass is 10.1. The summed E-state index contributed by atoms with van der Waals surface area (Å²) < 4.78 is 11.8. The highest BCUT2D eigenvalue weighted by Gasteiger charge is 2.32. The number of rotatable bonds is 7. The van der Waals surface area contributed by atoms with Gasteiger partial charge in [-0.05, 0) is 56.8 Å². The molecular formula is C25H42IN5O2. The third kappa shape index (κ3) is 7.70. The molecule has 3 aliphatic rings. The molecule has 4 rings (SSSR count). The summed E-state index contributed by atoms with van der Waals surface area (Å²) in [5, 5.41) is 3.57. The minimum atomic E-state index is 0. The molecular weight excluding hydrogens is 529 g/mol. The molecule has 0 bridgehead atoms. The number of nitrogens with zero attached hydrogens (tertiary/aromatic N) is 4. The summed E-state index contributed by atoms with van der Waals surface area (Å²) in [6.07, 6.45) is 5.07. The molecule has 3 aliphatic heterocycles. The number of nitrogens with one attached hydrogen (secondary N) is 1. The smallest absolute Gasteiger partial charge is 0.193 e. The lowest BCUT2D eigenvalue weighted by Crippen LogP contribution is -2.53. The molecule has 1 N–H and O–H groups in total. The van der Waals surface area contributed by atoms with E-state index in [0.717, 1.165) is 84.2 Å². The van der Waals surface area contributed by atoms with Crippen LogP contribution >= 0.6 is 24.0 Å². The van der Waals surface area contributed by atoms with Gasteiger partial charge in [-0.1, -0.05) is 12.1 Å². The third-order valence-electron chi connectivity index (χ3n) is 6.91. The van der Waals surface area contributed by atoms with Crippen LogP contribution in [0.15, 0.2) is 29.3 Å². The summed E-state index contributed by atoms with van der Waals surface area (Å²) in [4.78, 5) is 12.0. The van der Waals surface area contributed by atoms with E-state index in [0.29, 0.717) is 0 Å². The van der Waals surface area contributed by atoms with Crippen LogP contribution in [-0.2, 0) is 9.47 Å². The Morgan fingerprint density at radius 3 is 2.61 bits per heavy atom. The molecule has 186 valence electrons. The second-order valence-electron chi connectivity index (χ2n) is 9.26. The summed E-state index contributed by atoms with van der Waals surface area (Å²) in [6, 6.07) is 8.87. The monoisotopic (exact) mass is 571 g/mol. The Morgan fingerprint density at radius 2 is 1.88 bits per heavy atom. The number of unbranched alkanes of at least 4 members (excludes halogenated alkanes) is 1. The molecule has 0 aromatic heterocycles. The molecule has 0 radical (unpaired) electrons. The van der Waals surface area contributed by atoms with Crippen molar-refractivity contribution in [2.75, 3.05) is 77.5 Å². The van der Waals surface area contributed by atoms with Crippen molar-refractivity contribution >= 4 is 35.6 Å². The van der Waals surface area contributed by atoms with E-state index in [1.807, 2.05) is 7.05 Å². The standard InChI is InChI=1S/C25H41N5O2.HI/c1-21-7-5-8-22(19-21)29-14-12-28(13-15-29)11-4-3-10-27-25(26-2)30-16-18-32-24(20-30)23-9-6-17-31-23;/h5,7-8,19,23-24H,3-4,6,9-18,20H2,1-2H3,(H,26,27);1H. The van der Waals surface area contributed by atoms with Gasteiger partial charge >= 0.3 is 0 Å². The van der Waals surface area contributed by atoms with Crippen LogP contribution in [0.3, 0.4) is 0 Å². The fraction of sp³-hybridized carbons (Fsp3) is 0.720. The average molecular weight is 572 g/mol. The number of hydrogen-bond acceptors (Lipinski definition) is 5. The maximum atomic E-state index is 5.98. The minimum absolute atomic E-state index is 0. The largest absolute Gasteiger partial charge is 0.375 e. The molecule has 1 aromatic carbocycles. The maximum absolute atomic E-state index is 5.98. The Labute approximate surface area is 216 Å². The van der Waals surface area contributed by atoms with Crippen LogP contribution in [0.2, 0.25) is 0 Å². The van der Waals surface area contributed by atoms with Crippen molar-refractivity contribution in [3.05, 3.63) is 29.8 Å². The van der Waals surface area contributed by atoms with E-state index in [4.69, 9.17) is 9.47 Å². The normalized spacial score (nSPS) is 24.6. The zero-order chi connectivity index (χ0) is 22.2. The Hall–Kier alpha value is -1.10. The van der Waals surface area contributed by atoms with Crippen LogP contribution < -0.4 is 10.2 Å². The van der Waals surface area contributed by atoms with E-state index in [9.17, 15) is 0 Å². The maximum Gasteiger partial charge on any atom is 0.193 e. The van der Waals surface area contributed by atoms with E-state index in [-0.39, 0.29) is 36.2 Å². The van der Waals surface area contributed by atoms with Gasteiger partial charge in [0.1, 0.15) is 6.10 Å². The molecule has 8 heteroatoms. The Morgan fingerprint density at radius 1 is 1.06 bits per heavy atom. The topological polar surface area (TPSA) is 52.6 Å². The van der Waals surface area contributed by atoms with Crippen LogP contribution in [0.5, 0.6) is 0 Å².